The first kappa shape index (κ1) is 20.2. The summed E-state index contributed by atoms with van der Waals surface area (Å²) in [5.41, 5.74) is 1.50. The van der Waals surface area contributed by atoms with Crippen LogP contribution in [0.25, 0.3) is 16.7 Å². The molecular formula is C21H30N4O3. The van der Waals surface area contributed by atoms with Gasteiger partial charge in [0.15, 0.2) is 5.76 Å². The number of hydrogen-bond acceptors (Lipinski definition) is 7. The van der Waals surface area contributed by atoms with Gasteiger partial charge in [0, 0.05) is 32.8 Å². The molecule has 0 aromatic carbocycles. The smallest absolute Gasteiger partial charge is 0.202 e. The molecule has 0 spiro atoms. The fourth-order valence-corrected chi connectivity index (χ4v) is 3.45. The van der Waals surface area contributed by atoms with Crippen LogP contribution in [0.15, 0.2) is 33.9 Å². The number of hydrazone groups is 1. The Balaban J connectivity index is 2.00. The first-order chi connectivity index (χ1) is 13.4. The first-order valence-corrected chi connectivity index (χ1v) is 9.69. The van der Waals surface area contributed by atoms with Crippen molar-refractivity contribution in [1.29, 1.82) is 0 Å². The molecule has 152 valence electrons. The molecule has 28 heavy (non-hydrogen) atoms. The van der Waals surface area contributed by atoms with E-state index in [1.54, 1.807) is 13.3 Å². The summed E-state index contributed by atoms with van der Waals surface area (Å²) in [4.78, 5) is 6.92. The number of fused-ring (bicyclic) bond motifs is 1. The zero-order chi connectivity index (χ0) is 20.3. The van der Waals surface area contributed by atoms with Crippen LogP contribution in [0.4, 0.5) is 5.82 Å². The number of ether oxygens (including phenoxy) is 2. The van der Waals surface area contributed by atoms with Crippen molar-refractivity contribution in [1.82, 2.24) is 9.99 Å². The Morgan fingerprint density at radius 3 is 2.89 bits per heavy atom. The highest BCUT2D eigenvalue weighted by Crippen LogP contribution is 2.33. The van der Waals surface area contributed by atoms with E-state index >= 15 is 0 Å². The quantitative estimate of drug-likeness (QED) is 0.438. The van der Waals surface area contributed by atoms with Gasteiger partial charge in [-0.05, 0) is 39.8 Å². The van der Waals surface area contributed by atoms with Gasteiger partial charge in [-0.1, -0.05) is 6.08 Å². The van der Waals surface area contributed by atoms with Gasteiger partial charge in [-0.15, -0.1) is 5.10 Å². The van der Waals surface area contributed by atoms with E-state index in [1.807, 2.05) is 37.9 Å². The summed E-state index contributed by atoms with van der Waals surface area (Å²) in [7, 11) is 1.62. The molecule has 0 atom stereocenters. The molecule has 3 rings (SSSR count). The minimum absolute atomic E-state index is 0.200. The lowest BCUT2D eigenvalue weighted by atomic mass is 10.1. The SMILES string of the molecule is C/C=C(/c1cc2c(N3CCOC(C)(C)C3)nccc2o1)N(CC)/N=C(\C)OC. The van der Waals surface area contributed by atoms with Crippen molar-refractivity contribution in [3.8, 4) is 0 Å². The highest BCUT2D eigenvalue weighted by molar-refractivity contribution is 5.91. The summed E-state index contributed by atoms with van der Waals surface area (Å²) < 4.78 is 17.2. The lowest BCUT2D eigenvalue weighted by molar-refractivity contribution is -0.0278. The molecule has 0 radical (unpaired) electrons. The first-order valence-electron chi connectivity index (χ1n) is 9.69. The second kappa shape index (κ2) is 8.22. The van der Waals surface area contributed by atoms with Gasteiger partial charge in [-0.2, -0.15) is 0 Å². The fourth-order valence-electron chi connectivity index (χ4n) is 3.45. The lowest BCUT2D eigenvalue weighted by Gasteiger charge is -2.38. The molecule has 0 saturated carbocycles. The highest BCUT2D eigenvalue weighted by Gasteiger charge is 2.29. The minimum Gasteiger partial charge on any atom is -0.483 e. The monoisotopic (exact) mass is 386 g/mol. The van der Waals surface area contributed by atoms with Gasteiger partial charge in [0.25, 0.3) is 0 Å². The van der Waals surface area contributed by atoms with Gasteiger partial charge in [-0.3, -0.25) is 5.01 Å². The molecule has 2 aromatic heterocycles. The zero-order valence-electron chi connectivity index (χ0n) is 17.7. The molecule has 1 aliphatic rings. The average molecular weight is 386 g/mol. The number of anilines is 1. The van der Waals surface area contributed by atoms with Crippen LogP contribution in [0, 0.1) is 0 Å². The van der Waals surface area contributed by atoms with Crippen molar-refractivity contribution in [2.24, 2.45) is 5.10 Å². The Kier molecular flexibility index (Phi) is 5.93. The topological polar surface area (TPSA) is 63.3 Å². The molecular weight excluding hydrogens is 356 g/mol. The van der Waals surface area contributed by atoms with Crippen molar-refractivity contribution < 1.29 is 13.9 Å². The summed E-state index contributed by atoms with van der Waals surface area (Å²) in [5.74, 6) is 2.28. The van der Waals surface area contributed by atoms with E-state index in [4.69, 9.17) is 13.9 Å². The Bertz CT molecular complexity index is 885. The van der Waals surface area contributed by atoms with Crippen molar-refractivity contribution in [2.75, 3.05) is 38.3 Å². The lowest BCUT2D eigenvalue weighted by Crippen LogP contribution is -2.48. The Morgan fingerprint density at radius 1 is 1.46 bits per heavy atom. The maximum Gasteiger partial charge on any atom is 0.202 e. The Morgan fingerprint density at radius 2 is 2.25 bits per heavy atom. The standard InChI is InChI=1S/C21H30N4O3/c1-7-17(25(8-2)23-15(3)26-6)19-13-16-18(28-19)9-10-22-20(16)24-11-12-27-21(4,5)14-24/h7,9-10,13H,8,11-12,14H2,1-6H3/b17-7-,23-15+. The van der Waals surface area contributed by atoms with Gasteiger partial charge >= 0.3 is 0 Å². The number of pyridine rings is 1. The number of methoxy groups -OCH3 is 1. The molecule has 1 fully saturated rings. The maximum absolute atomic E-state index is 6.18. The van der Waals surface area contributed by atoms with E-state index < -0.39 is 0 Å². The summed E-state index contributed by atoms with van der Waals surface area (Å²) in [5, 5.41) is 7.39. The van der Waals surface area contributed by atoms with Gasteiger partial charge in [0.2, 0.25) is 5.90 Å². The predicted molar refractivity (Wildman–Crippen MR) is 112 cm³/mol. The summed E-state index contributed by atoms with van der Waals surface area (Å²) in [6.45, 7) is 13.0. The van der Waals surface area contributed by atoms with Crippen LogP contribution in [-0.2, 0) is 9.47 Å². The van der Waals surface area contributed by atoms with Crippen LogP contribution in [0.3, 0.4) is 0 Å². The third-order valence-electron chi connectivity index (χ3n) is 4.81. The summed E-state index contributed by atoms with van der Waals surface area (Å²) in [6, 6.07) is 3.96. The van der Waals surface area contributed by atoms with Crippen molar-refractivity contribution in [2.45, 2.75) is 40.2 Å². The molecule has 0 aliphatic carbocycles. The summed E-state index contributed by atoms with van der Waals surface area (Å²) in [6.07, 6.45) is 3.80. The van der Waals surface area contributed by atoms with Crippen molar-refractivity contribution in [3.63, 3.8) is 0 Å². The van der Waals surface area contributed by atoms with Crippen LogP contribution < -0.4 is 4.90 Å². The van der Waals surface area contributed by atoms with Crippen LogP contribution in [-0.4, -0.2) is 54.8 Å². The number of rotatable bonds is 5. The third-order valence-corrected chi connectivity index (χ3v) is 4.81. The molecule has 7 heteroatoms. The third kappa shape index (κ3) is 4.14. The second-order valence-corrected chi connectivity index (χ2v) is 7.40. The minimum atomic E-state index is -0.200. The van der Waals surface area contributed by atoms with Crippen LogP contribution >= 0.6 is 0 Å². The molecule has 3 heterocycles. The fraction of sp³-hybridized carbons (Fsp3) is 0.524. The van der Waals surface area contributed by atoms with Gasteiger partial charge in [0.1, 0.15) is 11.4 Å². The van der Waals surface area contributed by atoms with E-state index in [0.717, 1.165) is 41.3 Å². The maximum atomic E-state index is 6.18. The van der Waals surface area contributed by atoms with E-state index in [-0.39, 0.29) is 5.60 Å². The molecule has 0 bridgehead atoms. The van der Waals surface area contributed by atoms with E-state index in [0.29, 0.717) is 19.0 Å². The Hall–Kier alpha value is -2.54. The number of hydrogen-bond donors (Lipinski definition) is 0. The van der Waals surface area contributed by atoms with Gasteiger partial charge < -0.3 is 18.8 Å². The van der Waals surface area contributed by atoms with Crippen molar-refractivity contribution in [3.05, 3.63) is 30.2 Å². The van der Waals surface area contributed by atoms with Gasteiger partial charge in [-0.25, -0.2) is 4.98 Å². The summed E-state index contributed by atoms with van der Waals surface area (Å²) >= 11 is 0. The molecule has 7 nitrogen and oxygen atoms in total. The molecule has 0 unspecified atom stereocenters. The number of aromatic nitrogens is 1. The molecule has 0 N–H and O–H groups in total. The van der Waals surface area contributed by atoms with Crippen LogP contribution in [0.1, 0.15) is 40.4 Å². The van der Waals surface area contributed by atoms with E-state index in [1.165, 1.54) is 0 Å². The van der Waals surface area contributed by atoms with Crippen LogP contribution in [0.5, 0.6) is 0 Å². The number of allylic oxidation sites excluding steroid dienone is 1. The number of furan rings is 1. The largest absolute Gasteiger partial charge is 0.483 e. The van der Waals surface area contributed by atoms with Crippen molar-refractivity contribution >= 4 is 28.4 Å². The van der Waals surface area contributed by atoms with E-state index in [9.17, 15) is 0 Å². The number of morpholine rings is 1. The van der Waals surface area contributed by atoms with E-state index in [2.05, 4.69) is 34.9 Å². The molecule has 1 saturated heterocycles. The molecule has 0 amide bonds. The van der Waals surface area contributed by atoms with Crippen LogP contribution in [0.2, 0.25) is 0 Å². The highest BCUT2D eigenvalue weighted by atomic mass is 16.5. The number of nitrogens with zero attached hydrogens (tertiary/aromatic N) is 4. The zero-order valence-corrected chi connectivity index (χ0v) is 17.7. The molecule has 2 aromatic rings. The Labute approximate surface area is 166 Å². The second-order valence-electron chi connectivity index (χ2n) is 7.40. The normalized spacial score (nSPS) is 17.9. The molecule has 1 aliphatic heterocycles. The predicted octanol–water partition coefficient (Wildman–Crippen LogP) is 4.11. The van der Waals surface area contributed by atoms with Gasteiger partial charge in [0.05, 0.1) is 30.4 Å². The average Bonchev–Trinajstić information content (AvgIpc) is 3.10.